The first-order chi connectivity index (χ1) is 24.4. The van der Waals surface area contributed by atoms with Crippen LogP contribution in [0.2, 0.25) is 5.02 Å². The molecule has 268 valence electrons. The molecule has 1 atom stereocenters. The van der Waals surface area contributed by atoms with Gasteiger partial charge in [0.2, 0.25) is 17.6 Å². The van der Waals surface area contributed by atoms with Crippen LogP contribution >= 0.6 is 11.6 Å². The highest BCUT2D eigenvalue weighted by Crippen LogP contribution is 2.31. The number of benzene rings is 3. The van der Waals surface area contributed by atoms with Crippen molar-refractivity contribution in [3.8, 4) is 22.5 Å². The second kappa shape index (κ2) is 16.6. The van der Waals surface area contributed by atoms with Gasteiger partial charge in [-0.15, -0.1) is 10.2 Å². The van der Waals surface area contributed by atoms with Crippen LogP contribution in [-0.4, -0.2) is 69.8 Å². The van der Waals surface area contributed by atoms with Gasteiger partial charge in [0, 0.05) is 40.7 Å². The van der Waals surface area contributed by atoms with E-state index < -0.39 is 23.7 Å². The van der Waals surface area contributed by atoms with Crippen molar-refractivity contribution in [1.29, 1.82) is 0 Å². The highest BCUT2D eigenvalue weighted by atomic mass is 35.5. The molecule has 0 unspecified atom stereocenters. The van der Waals surface area contributed by atoms with Crippen molar-refractivity contribution >= 4 is 41.2 Å². The van der Waals surface area contributed by atoms with Crippen molar-refractivity contribution < 1.29 is 28.7 Å². The summed E-state index contributed by atoms with van der Waals surface area (Å²) in [6.07, 6.45) is 2.60. The number of amides is 3. The molecule has 1 saturated carbocycles. The molecule has 5 rings (SSSR count). The number of ether oxygens (including phenoxy) is 2. The Morgan fingerprint density at radius 1 is 0.941 bits per heavy atom. The number of rotatable bonds is 11. The maximum Gasteiger partial charge on any atom is 0.407 e. The number of alkyl carbamates (subject to hydrolysis) is 1. The van der Waals surface area contributed by atoms with Crippen molar-refractivity contribution in [1.82, 2.24) is 31.3 Å². The summed E-state index contributed by atoms with van der Waals surface area (Å²) in [5.41, 5.74) is 3.43. The van der Waals surface area contributed by atoms with Crippen LogP contribution in [-0.2, 0) is 25.5 Å². The van der Waals surface area contributed by atoms with E-state index in [1.54, 1.807) is 42.5 Å². The first-order valence-corrected chi connectivity index (χ1v) is 17.2. The number of aromatic amines is 1. The maximum absolute atomic E-state index is 13.7. The first kappa shape index (κ1) is 37.0. The SMILES string of the molecule is COC(=O)c1ccc(-c2ccc(C[C@H](NC(=O)C3CCC(CNC(=O)OC(C)(C)C)CC3)C(=O)Nc3ccc(-c4nn[nH]n4)cc3)cc2)c(Cl)c1. The van der Waals surface area contributed by atoms with Gasteiger partial charge in [0.15, 0.2) is 0 Å². The molecule has 1 aliphatic carbocycles. The number of nitrogens with one attached hydrogen (secondary N) is 4. The van der Waals surface area contributed by atoms with Gasteiger partial charge in [0.1, 0.15) is 11.6 Å². The lowest BCUT2D eigenvalue weighted by Gasteiger charge is -2.29. The van der Waals surface area contributed by atoms with Crippen molar-refractivity contribution in [2.24, 2.45) is 11.8 Å². The second-order valence-corrected chi connectivity index (χ2v) is 14.0. The molecule has 14 heteroatoms. The van der Waals surface area contributed by atoms with Gasteiger partial charge in [-0.3, -0.25) is 9.59 Å². The zero-order chi connectivity index (χ0) is 36.5. The normalized spacial score (nSPS) is 16.4. The van der Waals surface area contributed by atoms with Gasteiger partial charge >= 0.3 is 12.1 Å². The van der Waals surface area contributed by atoms with Crippen LogP contribution in [0.25, 0.3) is 22.5 Å². The third-order valence-electron chi connectivity index (χ3n) is 8.64. The van der Waals surface area contributed by atoms with E-state index in [0.29, 0.717) is 41.5 Å². The monoisotopic (exact) mass is 715 g/mol. The van der Waals surface area contributed by atoms with E-state index >= 15 is 0 Å². The van der Waals surface area contributed by atoms with E-state index in [2.05, 4.69) is 36.6 Å². The fourth-order valence-corrected chi connectivity index (χ4v) is 6.23. The number of aromatic nitrogens is 4. The molecule has 4 N–H and O–H groups in total. The lowest BCUT2D eigenvalue weighted by molar-refractivity contribution is -0.130. The number of halogens is 1. The standard InChI is InChI=1S/C37H42ClN7O6/c1-37(2,3)51-36(49)39-21-23-7-11-26(12-8-23)33(46)41-31(34(47)40-28-16-13-25(14-17-28)32-42-44-45-43-32)19-22-5-9-24(10-6-22)29-18-15-27(20-30(29)38)35(48)50-4/h5-6,9-10,13-18,20,23,26,31H,7-8,11-12,19,21H2,1-4H3,(H,39,49)(H,40,47)(H,41,46)(H,42,43,44,45)/t23?,26?,31-/m0/s1. The minimum Gasteiger partial charge on any atom is -0.465 e. The van der Waals surface area contributed by atoms with Gasteiger partial charge < -0.3 is 25.4 Å². The zero-order valence-electron chi connectivity index (χ0n) is 29.0. The van der Waals surface area contributed by atoms with E-state index in [0.717, 1.165) is 35.1 Å². The number of esters is 1. The van der Waals surface area contributed by atoms with Gasteiger partial charge in [0.05, 0.1) is 12.7 Å². The molecule has 3 amide bonds. The Morgan fingerprint density at radius 2 is 1.63 bits per heavy atom. The average Bonchev–Trinajstić information content (AvgIpc) is 3.65. The smallest absolute Gasteiger partial charge is 0.407 e. The van der Waals surface area contributed by atoms with Gasteiger partial charge in [-0.1, -0.05) is 41.9 Å². The number of nitrogens with zero attached hydrogens (tertiary/aromatic N) is 3. The highest BCUT2D eigenvalue weighted by molar-refractivity contribution is 6.33. The average molecular weight is 716 g/mol. The summed E-state index contributed by atoms with van der Waals surface area (Å²) >= 11 is 6.50. The molecule has 0 radical (unpaired) electrons. The number of hydrogen-bond acceptors (Lipinski definition) is 9. The molecule has 1 heterocycles. The van der Waals surface area contributed by atoms with E-state index in [1.165, 1.54) is 7.11 Å². The zero-order valence-corrected chi connectivity index (χ0v) is 29.8. The van der Waals surface area contributed by atoms with Crippen LogP contribution in [0.15, 0.2) is 66.7 Å². The molecule has 3 aromatic carbocycles. The van der Waals surface area contributed by atoms with E-state index in [1.807, 2.05) is 45.0 Å². The molecule has 1 aliphatic rings. The van der Waals surface area contributed by atoms with Crippen molar-refractivity contribution in [3.63, 3.8) is 0 Å². The van der Waals surface area contributed by atoms with Gasteiger partial charge in [-0.05, 0) is 105 Å². The topological polar surface area (TPSA) is 177 Å². The summed E-state index contributed by atoms with van der Waals surface area (Å²) in [6, 6.07) is 18.6. The molecule has 0 spiro atoms. The quantitative estimate of drug-likeness (QED) is 0.136. The fraction of sp³-hybridized carbons (Fsp3) is 0.378. The number of carbonyl (C=O) groups excluding carboxylic acids is 4. The molecule has 4 aromatic rings. The van der Waals surface area contributed by atoms with Gasteiger partial charge in [-0.2, -0.15) is 5.21 Å². The Hall–Kier alpha value is -5.30. The molecule has 1 aromatic heterocycles. The summed E-state index contributed by atoms with van der Waals surface area (Å²) in [5.74, 6) is -0.620. The number of anilines is 1. The first-order valence-electron chi connectivity index (χ1n) is 16.8. The number of tetrazole rings is 1. The largest absolute Gasteiger partial charge is 0.465 e. The third kappa shape index (κ3) is 10.4. The van der Waals surface area contributed by atoms with Gasteiger partial charge in [0.25, 0.3) is 0 Å². The lowest BCUT2D eigenvalue weighted by atomic mass is 9.81. The van der Waals surface area contributed by atoms with Crippen molar-refractivity contribution in [2.45, 2.75) is 64.5 Å². The molecule has 0 saturated heterocycles. The fourth-order valence-electron chi connectivity index (χ4n) is 5.94. The third-order valence-corrected chi connectivity index (χ3v) is 8.95. The number of H-pyrrole nitrogens is 1. The van der Waals surface area contributed by atoms with Crippen LogP contribution in [0.5, 0.6) is 0 Å². The van der Waals surface area contributed by atoms with Crippen LogP contribution in [0.1, 0.15) is 62.4 Å². The molecule has 51 heavy (non-hydrogen) atoms. The predicted molar refractivity (Wildman–Crippen MR) is 192 cm³/mol. The molecule has 13 nitrogen and oxygen atoms in total. The van der Waals surface area contributed by atoms with E-state index in [-0.39, 0.29) is 30.1 Å². The number of carbonyl (C=O) groups is 4. The van der Waals surface area contributed by atoms with Crippen LogP contribution in [0, 0.1) is 11.8 Å². The van der Waals surface area contributed by atoms with Crippen LogP contribution in [0.3, 0.4) is 0 Å². The maximum atomic E-state index is 13.7. The Morgan fingerprint density at radius 3 is 2.24 bits per heavy atom. The molecule has 0 aliphatic heterocycles. The lowest BCUT2D eigenvalue weighted by Crippen LogP contribution is -2.48. The highest BCUT2D eigenvalue weighted by Gasteiger charge is 2.30. The summed E-state index contributed by atoms with van der Waals surface area (Å²) in [4.78, 5) is 51.3. The molecule has 0 bridgehead atoms. The van der Waals surface area contributed by atoms with Crippen LogP contribution < -0.4 is 16.0 Å². The second-order valence-electron chi connectivity index (χ2n) is 13.6. The Bertz CT molecular complexity index is 1820. The predicted octanol–water partition coefficient (Wildman–Crippen LogP) is 5.97. The minimum atomic E-state index is -0.866. The Labute approximate surface area is 301 Å². The summed E-state index contributed by atoms with van der Waals surface area (Å²) in [6.45, 7) is 5.93. The number of methoxy groups -OCH3 is 1. The Kier molecular flexibility index (Phi) is 12.0. The van der Waals surface area contributed by atoms with Crippen molar-refractivity contribution in [3.05, 3.63) is 82.9 Å². The summed E-state index contributed by atoms with van der Waals surface area (Å²) in [7, 11) is 1.31. The Balaban J connectivity index is 1.25. The van der Waals surface area contributed by atoms with E-state index in [9.17, 15) is 19.2 Å². The van der Waals surface area contributed by atoms with Crippen molar-refractivity contribution in [2.75, 3.05) is 19.0 Å². The molecular formula is C37H42ClN7O6. The molecule has 1 fully saturated rings. The summed E-state index contributed by atoms with van der Waals surface area (Å²) < 4.78 is 10.1. The van der Waals surface area contributed by atoms with Gasteiger partial charge in [-0.25, -0.2) is 9.59 Å². The van der Waals surface area contributed by atoms with Crippen LogP contribution in [0.4, 0.5) is 10.5 Å². The molecular weight excluding hydrogens is 674 g/mol. The minimum absolute atomic E-state index is 0.185. The number of hydrogen-bond donors (Lipinski definition) is 4. The van der Waals surface area contributed by atoms with E-state index in [4.69, 9.17) is 21.1 Å². The summed E-state index contributed by atoms with van der Waals surface area (Å²) in [5, 5.41) is 23.1.